The first kappa shape index (κ1) is 18.5. The van der Waals surface area contributed by atoms with Crippen molar-refractivity contribution >= 4 is 28.7 Å². The van der Waals surface area contributed by atoms with Crippen molar-refractivity contribution in [1.29, 1.82) is 0 Å². The Morgan fingerprint density at radius 3 is 2.68 bits per heavy atom. The van der Waals surface area contributed by atoms with Gasteiger partial charge in [0.1, 0.15) is 0 Å². The van der Waals surface area contributed by atoms with Gasteiger partial charge in [-0.3, -0.25) is 18.9 Å². The quantitative estimate of drug-likeness (QED) is 0.648. The van der Waals surface area contributed by atoms with E-state index in [1.807, 2.05) is 37.3 Å². The van der Waals surface area contributed by atoms with Gasteiger partial charge in [-0.15, -0.1) is 0 Å². The van der Waals surface area contributed by atoms with E-state index in [4.69, 9.17) is 16.6 Å². The minimum atomic E-state index is -0.481. The fraction of sp³-hybridized carbons (Fsp3) is 0.316. The number of rotatable bonds is 4. The number of aromatic nitrogens is 4. The molecule has 1 fully saturated rings. The normalized spacial score (nSPS) is 15.0. The lowest BCUT2D eigenvalue weighted by molar-refractivity contribution is 0.578. The largest absolute Gasteiger partial charge is 0.339 e. The highest BCUT2D eigenvalue weighted by atomic mass is 35.5. The molecule has 0 bridgehead atoms. The third-order valence-electron chi connectivity index (χ3n) is 4.79. The van der Waals surface area contributed by atoms with Gasteiger partial charge >= 0.3 is 5.69 Å². The summed E-state index contributed by atoms with van der Waals surface area (Å²) < 4.78 is 3.23. The summed E-state index contributed by atoms with van der Waals surface area (Å²) in [7, 11) is 0. The van der Waals surface area contributed by atoms with Crippen LogP contribution < -0.4 is 21.5 Å². The maximum absolute atomic E-state index is 12.8. The molecule has 2 N–H and O–H groups in total. The number of anilines is 1. The van der Waals surface area contributed by atoms with Gasteiger partial charge in [0, 0.05) is 32.7 Å². The Labute approximate surface area is 166 Å². The molecule has 9 heteroatoms. The molecule has 1 aliphatic rings. The number of hydrogen-bond acceptors (Lipinski definition) is 5. The fourth-order valence-electron chi connectivity index (χ4n) is 3.43. The fourth-order valence-corrected chi connectivity index (χ4v) is 3.65. The molecule has 1 aromatic carbocycles. The van der Waals surface area contributed by atoms with Gasteiger partial charge in [-0.2, -0.15) is 4.98 Å². The number of imidazole rings is 1. The average molecular weight is 401 g/mol. The van der Waals surface area contributed by atoms with Crippen LogP contribution in [0.15, 0.2) is 46.0 Å². The molecular formula is C19H21ClN6O2. The smallest absolute Gasteiger partial charge is 0.330 e. The molecule has 2 aromatic heterocycles. The number of allylic oxidation sites excluding steroid dienone is 2. The number of nitrogens with zero attached hydrogens (tertiary/aromatic N) is 4. The van der Waals surface area contributed by atoms with Crippen molar-refractivity contribution in [2.24, 2.45) is 0 Å². The molecule has 1 aliphatic heterocycles. The second kappa shape index (κ2) is 7.65. The van der Waals surface area contributed by atoms with Crippen molar-refractivity contribution < 1.29 is 0 Å². The Bertz CT molecular complexity index is 1150. The zero-order valence-corrected chi connectivity index (χ0v) is 16.2. The van der Waals surface area contributed by atoms with Crippen LogP contribution in [0.4, 0.5) is 5.95 Å². The maximum atomic E-state index is 12.8. The van der Waals surface area contributed by atoms with Gasteiger partial charge in [-0.05, 0) is 19.1 Å². The van der Waals surface area contributed by atoms with E-state index in [0.717, 1.165) is 26.2 Å². The first-order valence-electron chi connectivity index (χ1n) is 9.19. The molecule has 8 nitrogen and oxygen atoms in total. The predicted molar refractivity (Wildman–Crippen MR) is 111 cm³/mol. The van der Waals surface area contributed by atoms with Crippen LogP contribution in [0.3, 0.4) is 0 Å². The third-order valence-corrected chi connectivity index (χ3v) is 5.11. The summed E-state index contributed by atoms with van der Waals surface area (Å²) in [5, 5.41) is 3.82. The SMILES string of the molecule is CC=CCn1c(=O)[nH]c(=O)c2c1nc(N1CCNCC1)n2-c1ccccc1Cl. The predicted octanol–water partition coefficient (Wildman–Crippen LogP) is 1.51. The van der Waals surface area contributed by atoms with E-state index >= 15 is 0 Å². The van der Waals surface area contributed by atoms with Gasteiger partial charge in [0.05, 0.1) is 10.7 Å². The van der Waals surface area contributed by atoms with Gasteiger partial charge < -0.3 is 10.2 Å². The molecule has 0 unspecified atom stereocenters. The minimum Gasteiger partial charge on any atom is -0.339 e. The van der Waals surface area contributed by atoms with Crippen molar-refractivity contribution in [1.82, 2.24) is 24.4 Å². The Morgan fingerprint density at radius 2 is 1.96 bits per heavy atom. The molecule has 146 valence electrons. The number of aromatic amines is 1. The Balaban J connectivity index is 2.08. The van der Waals surface area contributed by atoms with Crippen LogP contribution in [-0.2, 0) is 6.54 Å². The van der Waals surface area contributed by atoms with Gasteiger partial charge in [0.2, 0.25) is 5.95 Å². The van der Waals surface area contributed by atoms with Crippen LogP contribution in [-0.4, -0.2) is 45.3 Å². The first-order valence-corrected chi connectivity index (χ1v) is 9.57. The van der Waals surface area contributed by atoms with Crippen LogP contribution in [0.5, 0.6) is 0 Å². The molecule has 0 amide bonds. The zero-order valence-electron chi connectivity index (χ0n) is 15.5. The maximum Gasteiger partial charge on any atom is 0.330 e. The summed E-state index contributed by atoms with van der Waals surface area (Å²) in [4.78, 5) is 34.5. The van der Waals surface area contributed by atoms with E-state index in [2.05, 4.69) is 15.2 Å². The van der Waals surface area contributed by atoms with Crippen molar-refractivity contribution in [2.45, 2.75) is 13.5 Å². The summed E-state index contributed by atoms with van der Waals surface area (Å²) in [6, 6.07) is 7.31. The summed E-state index contributed by atoms with van der Waals surface area (Å²) in [6.07, 6.45) is 3.70. The Kier molecular flexibility index (Phi) is 5.06. The second-order valence-corrected chi connectivity index (χ2v) is 6.95. The van der Waals surface area contributed by atoms with Gasteiger partial charge in [-0.1, -0.05) is 35.9 Å². The van der Waals surface area contributed by atoms with Crippen LogP contribution in [0.2, 0.25) is 5.02 Å². The molecule has 0 aliphatic carbocycles. The number of nitrogens with one attached hydrogen (secondary N) is 2. The highest BCUT2D eigenvalue weighted by Gasteiger charge is 2.25. The van der Waals surface area contributed by atoms with Crippen molar-refractivity contribution in [3.05, 3.63) is 62.3 Å². The second-order valence-electron chi connectivity index (χ2n) is 6.55. The minimum absolute atomic E-state index is 0.311. The summed E-state index contributed by atoms with van der Waals surface area (Å²) >= 11 is 6.46. The number of benzene rings is 1. The molecule has 3 heterocycles. The van der Waals surface area contributed by atoms with Crippen LogP contribution >= 0.6 is 11.6 Å². The topological polar surface area (TPSA) is 87.9 Å². The lowest BCUT2D eigenvalue weighted by atomic mass is 10.3. The third kappa shape index (κ3) is 3.14. The van der Waals surface area contributed by atoms with Crippen LogP contribution in [0.1, 0.15) is 6.92 Å². The number of halogens is 1. The van der Waals surface area contributed by atoms with Crippen molar-refractivity contribution in [3.63, 3.8) is 0 Å². The Morgan fingerprint density at radius 1 is 1.21 bits per heavy atom. The highest BCUT2D eigenvalue weighted by Crippen LogP contribution is 2.29. The zero-order chi connectivity index (χ0) is 19.7. The molecular weight excluding hydrogens is 380 g/mol. The van der Waals surface area contributed by atoms with E-state index in [-0.39, 0.29) is 0 Å². The number of hydrogen-bond donors (Lipinski definition) is 2. The first-order chi connectivity index (χ1) is 13.6. The molecule has 0 saturated carbocycles. The van der Waals surface area contributed by atoms with E-state index in [1.54, 1.807) is 10.6 Å². The molecule has 1 saturated heterocycles. The summed E-state index contributed by atoms with van der Waals surface area (Å²) in [5.74, 6) is 0.606. The number of piperazine rings is 1. The number of fused-ring (bicyclic) bond motifs is 1. The highest BCUT2D eigenvalue weighted by molar-refractivity contribution is 6.32. The standard InChI is InChI=1S/C19H21ClN6O2/c1-2-3-10-25-16-15(17(27)23-19(25)28)26(14-7-5-4-6-13(14)20)18(22-16)24-11-8-21-9-12-24/h2-7,21H,8-12H2,1H3,(H,23,27,28). The number of H-pyrrole nitrogens is 1. The van der Waals surface area contributed by atoms with Gasteiger partial charge in [-0.25, -0.2) is 4.79 Å². The van der Waals surface area contributed by atoms with E-state index in [1.165, 1.54) is 4.57 Å². The average Bonchev–Trinajstić information content (AvgIpc) is 3.09. The summed E-state index contributed by atoms with van der Waals surface area (Å²) in [6.45, 7) is 5.31. The van der Waals surface area contributed by atoms with Crippen LogP contribution in [0.25, 0.3) is 16.9 Å². The number of para-hydroxylation sites is 1. The lowest BCUT2D eigenvalue weighted by Gasteiger charge is -2.28. The molecule has 28 heavy (non-hydrogen) atoms. The molecule has 0 spiro atoms. The van der Waals surface area contributed by atoms with E-state index in [9.17, 15) is 9.59 Å². The lowest BCUT2D eigenvalue weighted by Crippen LogP contribution is -2.44. The van der Waals surface area contributed by atoms with Gasteiger partial charge in [0.15, 0.2) is 11.2 Å². The van der Waals surface area contributed by atoms with Gasteiger partial charge in [0.25, 0.3) is 5.56 Å². The summed E-state index contributed by atoms with van der Waals surface area (Å²) in [5.41, 5.74) is 0.352. The molecule has 0 atom stereocenters. The molecule has 0 radical (unpaired) electrons. The Hall–Kier alpha value is -2.84. The van der Waals surface area contributed by atoms with Crippen molar-refractivity contribution in [3.8, 4) is 5.69 Å². The molecule has 3 aromatic rings. The monoisotopic (exact) mass is 400 g/mol. The van der Waals surface area contributed by atoms with Crippen LogP contribution in [0, 0.1) is 0 Å². The molecule has 4 rings (SSSR count). The van der Waals surface area contributed by atoms with E-state index < -0.39 is 11.2 Å². The van der Waals surface area contributed by atoms with Crippen molar-refractivity contribution in [2.75, 3.05) is 31.1 Å². The van der Waals surface area contributed by atoms with E-state index in [0.29, 0.717) is 34.4 Å².